The van der Waals surface area contributed by atoms with Crippen LogP contribution >= 0.6 is 0 Å². The molecule has 0 aromatic carbocycles. The quantitative estimate of drug-likeness (QED) is 0.421. The highest BCUT2D eigenvalue weighted by Crippen LogP contribution is 2.60. The van der Waals surface area contributed by atoms with E-state index in [1.807, 2.05) is 0 Å². The standard InChI is InChI=1S/C17H28O2/c1-3-18-11-5-9-17(10-6-12-19-4-2)14-15-7-8-16(17)13-15/h3-4,15-16H,1-2,5-14H2. The van der Waals surface area contributed by atoms with Crippen LogP contribution in [0.4, 0.5) is 0 Å². The van der Waals surface area contributed by atoms with E-state index in [4.69, 9.17) is 9.47 Å². The smallest absolute Gasteiger partial charge is 0.0873 e. The lowest BCUT2D eigenvalue weighted by Gasteiger charge is -2.38. The first-order valence-electron chi connectivity index (χ1n) is 7.76. The van der Waals surface area contributed by atoms with Gasteiger partial charge in [0.15, 0.2) is 0 Å². The fraction of sp³-hybridized carbons (Fsp3) is 0.765. The average Bonchev–Trinajstić information content (AvgIpc) is 3.01. The maximum Gasteiger partial charge on any atom is 0.0873 e. The second-order valence-corrected chi connectivity index (χ2v) is 6.22. The van der Waals surface area contributed by atoms with Crippen molar-refractivity contribution in [2.45, 2.75) is 51.4 Å². The molecule has 0 aromatic rings. The highest BCUT2D eigenvalue weighted by atomic mass is 16.5. The van der Waals surface area contributed by atoms with E-state index in [-0.39, 0.29) is 0 Å². The molecule has 2 fully saturated rings. The van der Waals surface area contributed by atoms with E-state index in [0.29, 0.717) is 5.41 Å². The Bertz CT molecular complexity index is 282. The van der Waals surface area contributed by atoms with Crippen LogP contribution in [0.2, 0.25) is 0 Å². The van der Waals surface area contributed by atoms with Crippen molar-refractivity contribution in [1.29, 1.82) is 0 Å². The van der Waals surface area contributed by atoms with Gasteiger partial charge in [-0.25, -0.2) is 0 Å². The summed E-state index contributed by atoms with van der Waals surface area (Å²) in [5.74, 6) is 1.97. The predicted molar refractivity (Wildman–Crippen MR) is 78.6 cm³/mol. The number of hydrogen-bond donors (Lipinski definition) is 0. The third-order valence-electron chi connectivity index (χ3n) is 5.21. The summed E-state index contributed by atoms with van der Waals surface area (Å²) in [6, 6.07) is 0. The first kappa shape index (κ1) is 14.5. The zero-order valence-corrected chi connectivity index (χ0v) is 12.1. The van der Waals surface area contributed by atoms with Gasteiger partial charge in [0.05, 0.1) is 25.7 Å². The van der Waals surface area contributed by atoms with Crippen molar-refractivity contribution in [1.82, 2.24) is 0 Å². The van der Waals surface area contributed by atoms with Gasteiger partial charge in [0.1, 0.15) is 0 Å². The molecule has 0 aromatic heterocycles. The molecule has 2 bridgehead atoms. The molecule has 2 heteroatoms. The molecule has 0 saturated heterocycles. The summed E-state index contributed by atoms with van der Waals surface area (Å²) in [5, 5.41) is 0. The minimum atomic E-state index is 0.581. The number of rotatable bonds is 10. The summed E-state index contributed by atoms with van der Waals surface area (Å²) in [4.78, 5) is 0. The van der Waals surface area contributed by atoms with Crippen LogP contribution in [0.1, 0.15) is 51.4 Å². The molecule has 0 spiro atoms. The summed E-state index contributed by atoms with van der Waals surface area (Å²) >= 11 is 0. The molecular weight excluding hydrogens is 236 g/mol. The van der Waals surface area contributed by atoms with Crippen molar-refractivity contribution in [2.24, 2.45) is 17.3 Å². The molecule has 0 radical (unpaired) electrons. The van der Waals surface area contributed by atoms with Gasteiger partial charge in [-0.3, -0.25) is 0 Å². The Balaban J connectivity index is 1.82. The predicted octanol–water partition coefficient (Wildman–Crippen LogP) is 4.67. The lowest BCUT2D eigenvalue weighted by molar-refractivity contribution is 0.101. The van der Waals surface area contributed by atoms with Crippen molar-refractivity contribution in [3.8, 4) is 0 Å². The molecule has 2 atom stereocenters. The Morgan fingerprint density at radius 1 is 1.00 bits per heavy atom. The summed E-state index contributed by atoms with van der Waals surface area (Å²) < 4.78 is 10.6. The van der Waals surface area contributed by atoms with Gasteiger partial charge in [0.2, 0.25) is 0 Å². The van der Waals surface area contributed by atoms with Crippen molar-refractivity contribution in [2.75, 3.05) is 13.2 Å². The van der Waals surface area contributed by atoms with E-state index in [1.54, 1.807) is 12.5 Å². The maximum atomic E-state index is 5.29. The van der Waals surface area contributed by atoms with Crippen molar-refractivity contribution in [3.63, 3.8) is 0 Å². The summed E-state index contributed by atoms with van der Waals surface area (Å²) in [7, 11) is 0. The van der Waals surface area contributed by atoms with Crippen LogP contribution < -0.4 is 0 Å². The molecule has 19 heavy (non-hydrogen) atoms. The van der Waals surface area contributed by atoms with E-state index in [1.165, 1.54) is 38.5 Å². The average molecular weight is 264 g/mol. The number of fused-ring (bicyclic) bond motifs is 2. The molecule has 2 nitrogen and oxygen atoms in total. The Morgan fingerprint density at radius 2 is 1.63 bits per heavy atom. The third-order valence-corrected chi connectivity index (χ3v) is 5.21. The molecule has 2 rings (SSSR count). The molecule has 0 aliphatic heterocycles. The largest absolute Gasteiger partial charge is 0.502 e. The highest BCUT2D eigenvalue weighted by molar-refractivity contribution is 5.00. The fourth-order valence-electron chi connectivity index (χ4n) is 4.48. The fourth-order valence-corrected chi connectivity index (χ4v) is 4.48. The van der Waals surface area contributed by atoms with E-state index in [0.717, 1.165) is 37.9 Å². The summed E-state index contributed by atoms with van der Waals surface area (Å²) in [6.07, 6.45) is 13.9. The molecule has 0 N–H and O–H groups in total. The molecule has 0 heterocycles. The Kier molecular flexibility index (Phi) is 5.35. The number of ether oxygens (including phenoxy) is 2. The van der Waals surface area contributed by atoms with Gasteiger partial charge >= 0.3 is 0 Å². The van der Waals surface area contributed by atoms with Crippen molar-refractivity contribution >= 4 is 0 Å². The Morgan fingerprint density at radius 3 is 2.05 bits per heavy atom. The van der Waals surface area contributed by atoms with Gasteiger partial charge in [-0.2, -0.15) is 0 Å². The normalized spacial score (nSPS) is 27.2. The Hall–Kier alpha value is -0.920. The highest BCUT2D eigenvalue weighted by Gasteiger charge is 2.49. The van der Waals surface area contributed by atoms with Gasteiger partial charge < -0.3 is 9.47 Å². The van der Waals surface area contributed by atoms with Crippen LogP contribution in [0.3, 0.4) is 0 Å². The molecule has 108 valence electrons. The van der Waals surface area contributed by atoms with Crippen LogP contribution in [-0.4, -0.2) is 13.2 Å². The minimum absolute atomic E-state index is 0.581. The number of hydrogen-bond acceptors (Lipinski definition) is 2. The zero-order chi connectivity index (χ0) is 13.6. The minimum Gasteiger partial charge on any atom is -0.502 e. The van der Waals surface area contributed by atoms with E-state index >= 15 is 0 Å². The lowest BCUT2D eigenvalue weighted by atomic mass is 9.67. The van der Waals surface area contributed by atoms with E-state index < -0.39 is 0 Å². The van der Waals surface area contributed by atoms with Crippen molar-refractivity contribution < 1.29 is 9.47 Å². The maximum absolute atomic E-state index is 5.29. The molecule has 2 aliphatic rings. The van der Waals surface area contributed by atoms with Crippen LogP contribution in [0.15, 0.2) is 25.7 Å². The van der Waals surface area contributed by atoms with Crippen molar-refractivity contribution in [3.05, 3.63) is 25.7 Å². The van der Waals surface area contributed by atoms with Crippen LogP contribution in [0.5, 0.6) is 0 Å². The first-order valence-corrected chi connectivity index (χ1v) is 7.76. The third kappa shape index (κ3) is 3.55. The topological polar surface area (TPSA) is 18.5 Å². The first-order chi connectivity index (χ1) is 9.30. The lowest BCUT2D eigenvalue weighted by Crippen LogP contribution is -2.28. The Labute approximate surface area is 117 Å². The van der Waals surface area contributed by atoms with Gasteiger partial charge in [-0.1, -0.05) is 19.6 Å². The summed E-state index contributed by atoms with van der Waals surface area (Å²) in [6.45, 7) is 8.87. The van der Waals surface area contributed by atoms with Crippen LogP contribution in [0.25, 0.3) is 0 Å². The van der Waals surface area contributed by atoms with Crippen LogP contribution in [-0.2, 0) is 9.47 Å². The molecule has 2 saturated carbocycles. The molecule has 2 aliphatic carbocycles. The van der Waals surface area contributed by atoms with E-state index in [2.05, 4.69) is 13.2 Å². The van der Waals surface area contributed by atoms with Gasteiger partial charge in [0, 0.05) is 0 Å². The van der Waals surface area contributed by atoms with Crippen LogP contribution in [0, 0.1) is 17.3 Å². The van der Waals surface area contributed by atoms with E-state index in [9.17, 15) is 0 Å². The molecule has 0 amide bonds. The second kappa shape index (κ2) is 7.02. The van der Waals surface area contributed by atoms with Gasteiger partial charge in [-0.15, -0.1) is 0 Å². The molecule has 2 unspecified atom stereocenters. The monoisotopic (exact) mass is 264 g/mol. The second-order valence-electron chi connectivity index (χ2n) is 6.22. The molecular formula is C17H28O2. The van der Waals surface area contributed by atoms with Gasteiger partial charge in [-0.05, 0) is 62.2 Å². The zero-order valence-electron chi connectivity index (χ0n) is 12.1. The summed E-state index contributed by atoms with van der Waals surface area (Å²) in [5.41, 5.74) is 0.581. The van der Waals surface area contributed by atoms with Gasteiger partial charge in [0.25, 0.3) is 0 Å². The SMILES string of the molecule is C=COCCCC1(CCCOC=C)CC2CCC1C2.